The Kier molecular flexibility index (Phi) is 4.59. The quantitative estimate of drug-likeness (QED) is 0.849. The largest absolute Gasteiger partial charge is 0.478 e. The van der Waals surface area contributed by atoms with Crippen LogP contribution >= 0.6 is 27.5 Å². The van der Waals surface area contributed by atoms with E-state index in [4.69, 9.17) is 16.7 Å². The number of benzene rings is 2. The molecule has 0 aliphatic rings. The van der Waals surface area contributed by atoms with Crippen LogP contribution in [0.4, 0.5) is 10.1 Å². The van der Waals surface area contributed by atoms with E-state index in [1.165, 1.54) is 36.4 Å². The average Bonchev–Trinajstić information content (AvgIpc) is 2.41. The number of halogens is 3. The van der Waals surface area contributed by atoms with Crippen LogP contribution in [0.15, 0.2) is 40.9 Å². The molecule has 0 unspecified atom stereocenters. The van der Waals surface area contributed by atoms with Crippen LogP contribution in [0.2, 0.25) is 5.02 Å². The van der Waals surface area contributed by atoms with E-state index in [1.54, 1.807) is 0 Å². The molecule has 2 aromatic carbocycles. The van der Waals surface area contributed by atoms with E-state index >= 15 is 0 Å². The number of amides is 1. The minimum atomic E-state index is -1.27. The van der Waals surface area contributed by atoms with Crippen LogP contribution in [0.3, 0.4) is 0 Å². The van der Waals surface area contributed by atoms with Gasteiger partial charge in [-0.15, -0.1) is 0 Å². The first-order chi connectivity index (χ1) is 9.91. The van der Waals surface area contributed by atoms with Crippen LogP contribution < -0.4 is 5.32 Å². The zero-order chi connectivity index (χ0) is 15.6. The normalized spacial score (nSPS) is 10.2. The molecule has 0 heterocycles. The lowest BCUT2D eigenvalue weighted by molar-refractivity contribution is 0.0698. The van der Waals surface area contributed by atoms with Crippen molar-refractivity contribution in [2.75, 3.05) is 5.32 Å². The zero-order valence-corrected chi connectivity index (χ0v) is 12.7. The molecule has 0 bridgehead atoms. The number of rotatable bonds is 3. The number of hydrogen-bond donors (Lipinski definition) is 2. The van der Waals surface area contributed by atoms with Crippen LogP contribution in [-0.4, -0.2) is 17.0 Å². The fourth-order valence-electron chi connectivity index (χ4n) is 1.71. The Balaban J connectivity index is 2.39. The minimum absolute atomic E-state index is 0.00129. The van der Waals surface area contributed by atoms with Gasteiger partial charge in [0.2, 0.25) is 0 Å². The average molecular weight is 373 g/mol. The second kappa shape index (κ2) is 6.24. The monoisotopic (exact) mass is 371 g/mol. The molecule has 0 aliphatic heterocycles. The summed E-state index contributed by atoms with van der Waals surface area (Å²) in [5.41, 5.74) is -0.137. The van der Waals surface area contributed by atoms with Gasteiger partial charge >= 0.3 is 5.97 Å². The predicted molar refractivity (Wildman–Crippen MR) is 80.5 cm³/mol. The summed E-state index contributed by atoms with van der Waals surface area (Å²) in [4.78, 5) is 23.3. The maximum Gasteiger partial charge on any atom is 0.339 e. The Hall–Kier alpha value is -1.92. The van der Waals surface area contributed by atoms with Gasteiger partial charge in [0.05, 0.1) is 20.7 Å². The van der Waals surface area contributed by atoms with Gasteiger partial charge in [0.1, 0.15) is 11.4 Å². The van der Waals surface area contributed by atoms with E-state index in [9.17, 15) is 14.0 Å². The number of carbonyl (C=O) groups is 2. The number of nitrogens with one attached hydrogen (secondary N) is 1. The molecule has 0 atom stereocenters. The van der Waals surface area contributed by atoms with Gasteiger partial charge in [0, 0.05) is 0 Å². The molecular formula is C14H8BrClFNO3. The van der Waals surface area contributed by atoms with Crippen LogP contribution in [0.25, 0.3) is 0 Å². The van der Waals surface area contributed by atoms with Crippen molar-refractivity contribution in [3.05, 3.63) is 62.8 Å². The highest BCUT2D eigenvalue weighted by molar-refractivity contribution is 9.10. The molecule has 0 saturated carbocycles. The first-order valence-corrected chi connectivity index (χ1v) is 6.86. The van der Waals surface area contributed by atoms with Crippen molar-refractivity contribution >= 4 is 45.1 Å². The van der Waals surface area contributed by atoms with Gasteiger partial charge in [-0.2, -0.15) is 0 Å². The molecule has 0 spiro atoms. The maximum atomic E-state index is 13.4. The lowest BCUT2D eigenvalue weighted by Gasteiger charge is -2.10. The van der Waals surface area contributed by atoms with Crippen molar-refractivity contribution in [3.8, 4) is 0 Å². The summed E-state index contributed by atoms with van der Waals surface area (Å²) < 4.78 is 13.4. The number of carboxylic acid groups (broad SMARTS) is 1. The van der Waals surface area contributed by atoms with E-state index in [-0.39, 0.29) is 26.3 Å². The van der Waals surface area contributed by atoms with Crippen molar-refractivity contribution in [1.29, 1.82) is 0 Å². The number of hydrogen-bond acceptors (Lipinski definition) is 2. The molecule has 1 amide bonds. The fraction of sp³-hybridized carbons (Fsp3) is 0. The number of anilines is 1. The van der Waals surface area contributed by atoms with E-state index in [1.807, 2.05) is 0 Å². The molecule has 4 nitrogen and oxygen atoms in total. The third kappa shape index (κ3) is 3.22. The highest BCUT2D eigenvalue weighted by atomic mass is 79.9. The summed E-state index contributed by atoms with van der Waals surface area (Å²) in [5, 5.41) is 11.5. The molecule has 0 aliphatic carbocycles. The van der Waals surface area contributed by atoms with Crippen molar-refractivity contribution in [2.45, 2.75) is 0 Å². The van der Waals surface area contributed by atoms with Crippen molar-refractivity contribution in [1.82, 2.24) is 0 Å². The minimum Gasteiger partial charge on any atom is -0.478 e. The van der Waals surface area contributed by atoms with E-state index in [2.05, 4.69) is 21.2 Å². The molecule has 0 radical (unpaired) electrons. The summed E-state index contributed by atoms with van der Waals surface area (Å²) >= 11 is 8.79. The fourth-order valence-corrected chi connectivity index (χ4v) is 2.41. The highest BCUT2D eigenvalue weighted by Gasteiger charge is 2.18. The van der Waals surface area contributed by atoms with Gasteiger partial charge in [-0.05, 0) is 40.2 Å². The van der Waals surface area contributed by atoms with Crippen molar-refractivity contribution in [3.63, 3.8) is 0 Å². The van der Waals surface area contributed by atoms with Gasteiger partial charge in [0.15, 0.2) is 0 Å². The van der Waals surface area contributed by atoms with Crippen molar-refractivity contribution < 1.29 is 19.1 Å². The Bertz CT molecular complexity index is 736. The van der Waals surface area contributed by atoms with E-state index in [0.717, 1.165) is 0 Å². The molecule has 2 N–H and O–H groups in total. The first kappa shape index (κ1) is 15.5. The second-order valence-corrected chi connectivity index (χ2v) is 5.22. The third-order valence-electron chi connectivity index (χ3n) is 2.67. The maximum absolute atomic E-state index is 13.4. The van der Waals surface area contributed by atoms with Crippen molar-refractivity contribution in [2.24, 2.45) is 0 Å². The Morgan fingerprint density at radius 2 is 1.86 bits per heavy atom. The van der Waals surface area contributed by atoms with Crippen LogP contribution in [0.1, 0.15) is 20.7 Å². The van der Waals surface area contributed by atoms with Gasteiger partial charge in [-0.3, -0.25) is 4.79 Å². The topological polar surface area (TPSA) is 66.4 Å². The summed E-state index contributed by atoms with van der Waals surface area (Å²) in [6.07, 6.45) is 0. The summed E-state index contributed by atoms with van der Waals surface area (Å²) in [5.74, 6) is -2.51. The smallest absolute Gasteiger partial charge is 0.339 e. The lowest BCUT2D eigenvalue weighted by Crippen LogP contribution is -2.16. The lowest BCUT2D eigenvalue weighted by atomic mass is 10.1. The highest BCUT2D eigenvalue weighted by Crippen LogP contribution is 2.26. The summed E-state index contributed by atoms with van der Waals surface area (Å²) in [6, 6.07) is 8.30. The molecule has 0 fully saturated rings. The summed E-state index contributed by atoms with van der Waals surface area (Å²) in [6.45, 7) is 0. The van der Waals surface area contributed by atoms with E-state index < -0.39 is 17.7 Å². The Morgan fingerprint density at radius 3 is 2.52 bits per heavy atom. The predicted octanol–water partition coefficient (Wildman–Crippen LogP) is 4.19. The third-order valence-corrected chi connectivity index (χ3v) is 3.79. The van der Waals surface area contributed by atoms with Crippen LogP contribution in [-0.2, 0) is 0 Å². The van der Waals surface area contributed by atoms with Gasteiger partial charge in [-0.25, -0.2) is 9.18 Å². The number of carboxylic acids is 1. The Labute approximate surface area is 132 Å². The zero-order valence-electron chi connectivity index (χ0n) is 10.4. The second-order valence-electron chi connectivity index (χ2n) is 4.02. The summed E-state index contributed by atoms with van der Waals surface area (Å²) in [7, 11) is 0. The molecule has 0 aromatic heterocycles. The van der Waals surface area contributed by atoms with Crippen LogP contribution in [0.5, 0.6) is 0 Å². The van der Waals surface area contributed by atoms with Gasteiger partial charge < -0.3 is 10.4 Å². The number of carbonyl (C=O) groups excluding carboxylic acids is 1. The molecular weight excluding hydrogens is 365 g/mol. The standard InChI is InChI=1S/C14H8BrClFNO3/c15-12-7(3-1-5-9(12)17)13(19)18-10-6-2-4-8(16)11(10)14(20)21/h1-6H,(H,18,19)(H,20,21). The molecule has 108 valence electrons. The molecule has 7 heteroatoms. The first-order valence-electron chi connectivity index (χ1n) is 5.69. The number of aromatic carboxylic acids is 1. The SMILES string of the molecule is O=C(Nc1cccc(Cl)c1C(=O)O)c1cccc(F)c1Br. The van der Waals surface area contributed by atoms with Gasteiger partial charge in [-0.1, -0.05) is 23.7 Å². The van der Waals surface area contributed by atoms with E-state index in [0.29, 0.717) is 0 Å². The van der Waals surface area contributed by atoms with Gasteiger partial charge in [0.25, 0.3) is 5.91 Å². The molecule has 2 aromatic rings. The van der Waals surface area contributed by atoms with Crippen LogP contribution in [0, 0.1) is 5.82 Å². The molecule has 0 saturated heterocycles. The molecule has 21 heavy (non-hydrogen) atoms. The Morgan fingerprint density at radius 1 is 1.19 bits per heavy atom. The molecule has 2 rings (SSSR count).